The van der Waals surface area contributed by atoms with E-state index in [0.29, 0.717) is 11.8 Å². The van der Waals surface area contributed by atoms with Crippen molar-refractivity contribution in [2.45, 2.75) is 42.4 Å². The molecule has 1 saturated carbocycles. The molecule has 0 saturated heterocycles. The Balaban J connectivity index is 2.12. The van der Waals surface area contributed by atoms with Gasteiger partial charge >= 0.3 is 0 Å². The molecule has 1 aromatic rings. The molecule has 0 aromatic heterocycles. The van der Waals surface area contributed by atoms with E-state index < -0.39 is 0 Å². The Kier molecular flexibility index (Phi) is 3.65. The van der Waals surface area contributed by atoms with E-state index in [1.54, 1.807) is 6.07 Å². The molecule has 0 spiro atoms. The zero-order valence-electron chi connectivity index (χ0n) is 8.71. The molecule has 0 heterocycles. The maximum absolute atomic E-state index is 13.0. The van der Waals surface area contributed by atoms with Gasteiger partial charge < -0.3 is 5.73 Å². The summed E-state index contributed by atoms with van der Waals surface area (Å²) in [5.41, 5.74) is 6.55. The van der Waals surface area contributed by atoms with Crippen LogP contribution in [0.5, 0.6) is 0 Å². The highest BCUT2D eigenvalue weighted by molar-refractivity contribution is 8.00. The number of halogens is 1. The van der Waals surface area contributed by atoms with Gasteiger partial charge in [0.1, 0.15) is 5.82 Å². The van der Waals surface area contributed by atoms with Crippen LogP contribution < -0.4 is 5.73 Å². The second kappa shape index (κ2) is 4.99. The minimum absolute atomic E-state index is 0.189. The van der Waals surface area contributed by atoms with Crippen molar-refractivity contribution in [3.63, 3.8) is 0 Å². The van der Waals surface area contributed by atoms with Gasteiger partial charge in [0.25, 0.3) is 0 Å². The van der Waals surface area contributed by atoms with E-state index in [2.05, 4.69) is 0 Å². The summed E-state index contributed by atoms with van der Waals surface area (Å²) < 4.78 is 13.0. The smallest absolute Gasteiger partial charge is 0.123 e. The minimum Gasteiger partial charge on any atom is -0.326 e. The predicted octanol–water partition coefficient (Wildman–Crippen LogP) is 3.32. The highest BCUT2D eigenvalue weighted by Crippen LogP contribution is 2.36. The van der Waals surface area contributed by atoms with Crippen molar-refractivity contribution in [2.24, 2.45) is 5.73 Å². The first-order chi connectivity index (χ1) is 7.29. The van der Waals surface area contributed by atoms with Gasteiger partial charge in [-0.2, -0.15) is 0 Å². The topological polar surface area (TPSA) is 26.0 Å². The molecule has 2 rings (SSSR count). The molecule has 0 unspecified atom stereocenters. The molecule has 1 aliphatic rings. The molecule has 0 amide bonds. The largest absolute Gasteiger partial charge is 0.326 e. The number of hydrogen-bond donors (Lipinski definition) is 1. The summed E-state index contributed by atoms with van der Waals surface area (Å²) in [6, 6.07) is 4.94. The van der Waals surface area contributed by atoms with Gasteiger partial charge in [0, 0.05) is 16.7 Å². The minimum atomic E-state index is -0.189. The van der Waals surface area contributed by atoms with Crippen molar-refractivity contribution in [1.82, 2.24) is 0 Å². The number of thioether (sulfide) groups is 1. The third-order valence-corrected chi connectivity index (χ3v) is 4.30. The lowest BCUT2D eigenvalue weighted by Crippen LogP contribution is -2.01. The monoisotopic (exact) mass is 225 g/mol. The summed E-state index contributed by atoms with van der Waals surface area (Å²) in [7, 11) is 0. The van der Waals surface area contributed by atoms with E-state index in [4.69, 9.17) is 5.73 Å². The Labute approximate surface area is 94.2 Å². The molecule has 2 N–H and O–H groups in total. The van der Waals surface area contributed by atoms with E-state index in [9.17, 15) is 4.39 Å². The molecule has 1 fully saturated rings. The Morgan fingerprint density at radius 1 is 1.33 bits per heavy atom. The zero-order chi connectivity index (χ0) is 10.7. The first kappa shape index (κ1) is 11.0. The number of nitrogens with two attached hydrogens (primary N) is 1. The van der Waals surface area contributed by atoms with Crippen LogP contribution in [0, 0.1) is 5.82 Å². The molecule has 3 heteroatoms. The Morgan fingerprint density at radius 3 is 2.73 bits per heavy atom. The average molecular weight is 225 g/mol. The van der Waals surface area contributed by atoms with E-state index in [-0.39, 0.29) is 5.82 Å². The molecule has 0 aliphatic heterocycles. The third-order valence-electron chi connectivity index (χ3n) is 2.84. The predicted molar refractivity (Wildman–Crippen MR) is 62.4 cm³/mol. The summed E-state index contributed by atoms with van der Waals surface area (Å²) in [6.45, 7) is 0.423. The number of hydrogen-bond acceptors (Lipinski definition) is 2. The van der Waals surface area contributed by atoms with Crippen LogP contribution in [0.25, 0.3) is 0 Å². The van der Waals surface area contributed by atoms with Gasteiger partial charge in [-0.1, -0.05) is 12.8 Å². The summed E-state index contributed by atoms with van der Waals surface area (Å²) in [5.74, 6) is -0.189. The van der Waals surface area contributed by atoms with Gasteiger partial charge in [0.15, 0.2) is 0 Å². The van der Waals surface area contributed by atoms with Gasteiger partial charge in [0.05, 0.1) is 0 Å². The maximum atomic E-state index is 13.0. The summed E-state index contributed by atoms with van der Waals surface area (Å²) >= 11 is 1.86. The first-order valence-corrected chi connectivity index (χ1v) is 6.32. The van der Waals surface area contributed by atoms with Crippen LogP contribution in [0.1, 0.15) is 31.2 Å². The van der Waals surface area contributed by atoms with Crippen LogP contribution in [-0.4, -0.2) is 5.25 Å². The molecule has 82 valence electrons. The summed E-state index contributed by atoms with van der Waals surface area (Å²) in [5, 5.41) is 0.709. The molecule has 0 atom stereocenters. The van der Waals surface area contributed by atoms with Crippen LogP contribution in [0.2, 0.25) is 0 Å². The fourth-order valence-corrected chi connectivity index (χ4v) is 3.38. The summed E-state index contributed by atoms with van der Waals surface area (Å²) in [4.78, 5) is 1.16. The Morgan fingerprint density at radius 2 is 2.07 bits per heavy atom. The standard InChI is InChI=1S/C12H16FNS/c13-10-5-6-12(9(7-10)8-14)15-11-3-1-2-4-11/h5-7,11H,1-4,8,14H2. The molecule has 15 heavy (non-hydrogen) atoms. The van der Waals surface area contributed by atoms with Crippen LogP contribution in [-0.2, 0) is 6.54 Å². The molecule has 1 aliphatic carbocycles. The molecule has 1 nitrogen and oxygen atoms in total. The second-order valence-corrected chi connectivity index (χ2v) is 5.32. The van der Waals surface area contributed by atoms with Crippen molar-refractivity contribution in [1.29, 1.82) is 0 Å². The lowest BCUT2D eigenvalue weighted by atomic mass is 10.2. The van der Waals surface area contributed by atoms with Crippen LogP contribution >= 0.6 is 11.8 Å². The van der Waals surface area contributed by atoms with Gasteiger partial charge in [-0.15, -0.1) is 11.8 Å². The van der Waals surface area contributed by atoms with Crippen molar-refractivity contribution in [3.05, 3.63) is 29.6 Å². The highest BCUT2D eigenvalue weighted by atomic mass is 32.2. The van der Waals surface area contributed by atoms with Gasteiger partial charge in [-0.05, 0) is 36.6 Å². The van der Waals surface area contributed by atoms with E-state index >= 15 is 0 Å². The van der Waals surface area contributed by atoms with Gasteiger partial charge in [0.2, 0.25) is 0 Å². The number of rotatable bonds is 3. The molecule has 1 aromatic carbocycles. The van der Waals surface area contributed by atoms with Crippen molar-refractivity contribution >= 4 is 11.8 Å². The fourth-order valence-electron chi connectivity index (χ4n) is 2.01. The highest BCUT2D eigenvalue weighted by Gasteiger charge is 2.17. The average Bonchev–Trinajstić information content (AvgIpc) is 2.73. The SMILES string of the molecule is NCc1cc(F)ccc1SC1CCCC1. The molecule has 0 radical (unpaired) electrons. The lowest BCUT2D eigenvalue weighted by molar-refractivity contribution is 0.623. The number of benzene rings is 1. The van der Waals surface area contributed by atoms with Gasteiger partial charge in [-0.25, -0.2) is 4.39 Å². The van der Waals surface area contributed by atoms with E-state index in [1.165, 1.54) is 31.7 Å². The third kappa shape index (κ3) is 2.73. The zero-order valence-corrected chi connectivity index (χ0v) is 9.52. The maximum Gasteiger partial charge on any atom is 0.123 e. The Hall–Kier alpha value is -0.540. The van der Waals surface area contributed by atoms with Crippen LogP contribution in [0.4, 0.5) is 4.39 Å². The van der Waals surface area contributed by atoms with Crippen molar-refractivity contribution in [2.75, 3.05) is 0 Å². The van der Waals surface area contributed by atoms with Crippen molar-refractivity contribution in [3.8, 4) is 0 Å². The second-order valence-electron chi connectivity index (χ2n) is 3.98. The lowest BCUT2D eigenvalue weighted by Gasteiger charge is -2.12. The van der Waals surface area contributed by atoms with Crippen molar-refractivity contribution < 1.29 is 4.39 Å². The van der Waals surface area contributed by atoms with Crippen LogP contribution in [0.3, 0.4) is 0 Å². The molecular weight excluding hydrogens is 209 g/mol. The fraction of sp³-hybridized carbons (Fsp3) is 0.500. The Bertz CT molecular complexity index is 334. The van der Waals surface area contributed by atoms with E-state index in [1.807, 2.05) is 17.8 Å². The summed E-state index contributed by atoms with van der Waals surface area (Å²) in [6.07, 6.45) is 5.23. The van der Waals surface area contributed by atoms with Crippen LogP contribution in [0.15, 0.2) is 23.1 Å². The normalized spacial score (nSPS) is 17.2. The quantitative estimate of drug-likeness (QED) is 0.854. The van der Waals surface area contributed by atoms with Gasteiger partial charge in [-0.3, -0.25) is 0 Å². The van der Waals surface area contributed by atoms with E-state index in [0.717, 1.165) is 10.5 Å². The first-order valence-electron chi connectivity index (χ1n) is 5.45. The molecule has 0 bridgehead atoms. The molecular formula is C12H16FNS.